The Hall–Kier alpha value is -1.36. The van der Waals surface area contributed by atoms with Crippen LogP contribution >= 0.6 is 0 Å². The van der Waals surface area contributed by atoms with E-state index in [2.05, 4.69) is 28.5 Å². The third kappa shape index (κ3) is 1.87. The lowest BCUT2D eigenvalue weighted by atomic mass is 9.94. The highest BCUT2D eigenvalue weighted by molar-refractivity contribution is 5.83. The molecule has 0 amide bonds. The number of aromatic amines is 1. The van der Waals surface area contributed by atoms with Crippen LogP contribution in [0.15, 0.2) is 30.5 Å². The SMILES string of the molecule is c1ccc2c(C3OCC4(CCNCC4)O3)c[nH]c2c1. The summed E-state index contributed by atoms with van der Waals surface area (Å²) in [6.45, 7) is 2.74. The van der Waals surface area contributed by atoms with Crippen LogP contribution in [0.1, 0.15) is 24.7 Å². The molecule has 1 spiro atoms. The van der Waals surface area contributed by atoms with Gasteiger partial charge in [0.2, 0.25) is 0 Å². The van der Waals surface area contributed by atoms with Crippen LogP contribution in [-0.4, -0.2) is 30.3 Å². The minimum absolute atomic E-state index is 0.0751. The molecule has 0 saturated carbocycles. The van der Waals surface area contributed by atoms with Crippen molar-refractivity contribution in [2.24, 2.45) is 0 Å². The van der Waals surface area contributed by atoms with Gasteiger partial charge in [-0.15, -0.1) is 0 Å². The topological polar surface area (TPSA) is 46.3 Å². The quantitative estimate of drug-likeness (QED) is 0.825. The molecule has 4 heteroatoms. The minimum Gasteiger partial charge on any atom is -0.361 e. The minimum atomic E-state index is -0.228. The van der Waals surface area contributed by atoms with Crippen molar-refractivity contribution >= 4 is 10.9 Å². The van der Waals surface area contributed by atoms with Gasteiger partial charge in [0.05, 0.1) is 12.2 Å². The maximum atomic E-state index is 6.26. The number of aromatic nitrogens is 1. The van der Waals surface area contributed by atoms with Gasteiger partial charge in [0.15, 0.2) is 6.29 Å². The first-order chi connectivity index (χ1) is 9.36. The first kappa shape index (κ1) is 11.5. The molecule has 3 heterocycles. The van der Waals surface area contributed by atoms with Crippen molar-refractivity contribution in [3.05, 3.63) is 36.0 Å². The van der Waals surface area contributed by atoms with Crippen LogP contribution < -0.4 is 5.32 Å². The van der Waals surface area contributed by atoms with Gasteiger partial charge in [-0.25, -0.2) is 0 Å². The average molecular weight is 258 g/mol. The Labute approximate surface area is 112 Å². The molecule has 0 radical (unpaired) electrons. The van der Waals surface area contributed by atoms with Gasteiger partial charge in [0.1, 0.15) is 0 Å². The molecule has 1 atom stereocenters. The maximum Gasteiger partial charge on any atom is 0.186 e. The zero-order valence-corrected chi connectivity index (χ0v) is 10.8. The zero-order chi connectivity index (χ0) is 12.7. The van der Waals surface area contributed by atoms with Gasteiger partial charge in [-0.2, -0.15) is 0 Å². The Balaban J connectivity index is 1.63. The fourth-order valence-corrected chi connectivity index (χ4v) is 3.11. The molecular formula is C15H18N2O2. The summed E-state index contributed by atoms with van der Waals surface area (Å²) in [5, 5.41) is 4.57. The van der Waals surface area contributed by atoms with E-state index in [-0.39, 0.29) is 11.9 Å². The molecule has 2 saturated heterocycles. The number of hydrogen-bond acceptors (Lipinski definition) is 3. The molecule has 2 aromatic rings. The van der Waals surface area contributed by atoms with Gasteiger partial charge in [0.25, 0.3) is 0 Å². The third-order valence-electron chi connectivity index (χ3n) is 4.24. The van der Waals surface area contributed by atoms with E-state index in [1.54, 1.807) is 0 Å². The maximum absolute atomic E-state index is 6.26. The molecule has 0 bridgehead atoms. The molecule has 0 aliphatic carbocycles. The number of hydrogen-bond donors (Lipinski definition) is 2. The van der Waals surface area contributed by atoms with Crippen LogP contribution in [0, 0.1) is 0 Å². The summed E-state index contributed by atoms with van der Waals surface area (Å²) in [7, 11) is 0. The van der Waals surface area contributed by atoms with E-state index in [9.17, 15) is 0 Å². The van der Waals surface area contributed by atoms with Gasteiger partial charge in [-0.3, -0.25) is 0 Å². The first-order valence-corrected chi connectivity index (χ1v) is 6.93. The lowest BCUT2D eigenvalue weighted by molar-refractivity contribution is -0.0997. The lowest BCUT2D eigenvalue weighted by Crippen LogP contribution is -2.43. The number of ether oxygens (including phenoxy) is 2. The van der Waals surface area contributed by atoms with E-state index in [4.69, 9.17) is 9.47 Å². The molecule has 1 unspecified atom stereocenters. The van der Waals surface area contributed by atoms with Gasteiger partial charge in [-0.1, -0.05) is 18.2 Å². The molecule has 2 N–H and O–H groups in total. The molecule has 1 aromatic carbocycles. The standard InChI is InChI=1S/C15H18N2O2/c1-2-4-13-11(3-1)12(9-17-13)14-18-10-15(19-14)5-7-16-8-6-15/h1-4,9,14,16-17H,5-8,10H2. The van der Waals surface area contributed by atoms with Gasteiger partial charge >= 0.3 is 0 Å². The molecule has 4 rings (SSSR count). The molecule has 1 aromatic heterocycles. The summed E-state index contributed by atoms with van der Waals surface area (Å²) in [6.07, 6.45) is 3.85. The van der Waals surface area contributed by atoms with Crippen LogP contribution in [0.3, 0.4) is 0 Å². The first-order valence-electron chi connectivity index (χ1n) is 6.93. The largest absolute Gasteiger partial charge is 0.361 e. The van der Waals surface area contributed by atoms with Gasteiger partial charge in [0, 0.05) is 22.7 Å². The summed E-state index contributed by atoms with van der Waals surface area (Å²) in [4.78, 5) is 3.28. The molecular weight excluding hydrogens is 240 g/mol. The Bertz CT molecular complexity index is 587. The molecule has 4 nitrogen and oxygen atoms in total. The summed E-state index contributed by atoms with van der Waals surface area (Å²) in [6, 6.07) is 8.28. The Morgan fingerprint density at radius 3 is 2.89 bits per heavy atom. The van der Waals surface area contributed by atoms with Crippen LogP contribution in [-0.2, 0) is 9.47 Å². The number of fused-ring (bicyclic) bond motifs is 1. The van der Waals surface area contributed by atoms with Gasteiger partial charge < -0.3 is 19.8 Å². The van der Waals surface area contributed by atoms with Crippen LogP contribution in [0.2, 0.25) is 0 Å². The highest BCUT2D eigenvalue weighted by atomic mass is 16.7. The van der Waals surface area contributed by atoms with E-state index in [0.29, 0.717) is 6.61 Å². The number of rotatable bonds is 1. The molecule has 19 heavy (non-hydrogen) atoms. The van der Waals surface area contributed by atoms with E-state index in [1.165, 1.54) is 5.39 Å². The smallest absolute Gasteiger partial charge is 0.186 e. The van der Waals surface area contributed by atoms with E-state index in [1.807, 2.05) is 12.3 Å². The summed E-state index contributed by atoms with van der Waals surface area (Å²) in [5.74, 6) is 0. The van der Waals surface area contributed by atoms with E-state index >= 15 is 0 Å². The summed E-state index contributed by atoms with van der Waals surface area (Å²) >= 11 is 0. The molecule has 100 valence electrons. The normalized spacial score (nSPS) is 26.2. The number of H-pyrrole nitrogens is 1. The lowest BCUT2D eigenvalue weighted by Gasteiger charge is -2.31. The predicted octanol–water partition coefficient (Wildman–Crippen LogP) is 2.34. The van der Waals surface area contributed by atoms with E-state index < -0.39 is 0 Å². The molecule has 2 aliphatic rings. The molecule has 2 aliphatic heterocycles. The fraction of sp³-hybridized carbons (Fsp3) is 0.467. The number of nitrogens with one attached hydrogen (secondary N) is 2. The second-order valence-electron chi connectivity index (χ2n) is 5.48. The van der Waals surface area contributed by atoms with E-state index in [0.717, 1.165) is 37.0 Å². The molecule has 2 fully saturated rings. The van der Waals surface area contributed by atoms with Crippen molar-refractivity contribution in [3.63, 3.8) is 0 Å². The van der Waals surface area contributed by atoms with Crippen molar-refractivity contribution in [2.45, 2.75) is 24.7 Å². The summed E-state index contributed by atoms with van der Waals surface area (Å²) < 4.78 is 12.2. The number of piperidine rings is 1. The monoisotopic (exact) mass is 258 g/mol. The Morgan fingerprint density at radius 2 is 2.00 bits per heavy atom. The van der Waals surface area contributed by atoms with Crippen LogP contribution in [0.25, 0.3) is 10.9 Å². The van der Waals surface area contributed by atoms with Crippen molar-refractivity contribution in [2.75, 3.05) is 19.7 Å². The van der Waals surface area contributed by atoms with Crippen molar-refractivity contribution in [1.29, 1.82) is 0 Å². The van der Waals surface area contributed by atoms with Crippen molar-refractivity contribution < 1.29 is 9.47 Å². The second-order valence-corrected chi connectivity index (χ2v) is 5.48. The van der Waals surface area contributed by atoms with Crippen molar-refractivity contribution in [1.82, 2.24) is 10.3 Å². The van der Waals surface area contributed by atoms with Crippen LogP contribution in [0.4, 0.5) is 0 Å². The Morgan fingerprint density at radius 1 is 1.16 bits per heavy atom. The van der Waals surface area contributed by atoms with Crippen LogP contribution in [0.5, 0.6) is 0 Å². The summed E-state index contributed by atoms with van der Waals surface area (Å²) in [5.41, 5.74) is 2.18. The zero-order valence-electron chi connectivity index (χ0n) is 10.8. The number of benzene rings is 1. The fourth-order valence-electron chi connectivity index (χ4n) is 3.11. The predicted molar refractivity (Wildman–Crippen MR) is 72.9 cm³/mol. The highest BCUT2D eigenvalue weighted by Crippen LogP contribution is 2.40. The van der Waals surface area contributed by atoms with Gasteiger partial charge in [-0.05, 0) is 32.0 Å². The average Bonchev–Trinajstić information content (AvgIpc) is 3.04. The third-order valence-corrected chi connectivity index (χ3v) is 4.24. The second kappa shape index (κ2) is 4.34. The van der Waals surface area contributed by atoms with Crippen molar-refractivity contribution in [3.8, 4) is 0 Å². The highest BCUT2D eigenvalue weighted by Gasteiger charge is 2.43. The number of para-hydroxylation sites is 1. The Kier molecular flexibility index (Phi) is 2.62.